The van der Waals surface area contributed by atoms with Crippen molar-refractivity contribution in [2.75, 3.05) is 13.2 Å². The molecule has 0 N–H and O–H groups in total. The Bertz CT molecular complexity index is 287. The number of ether oxygens (including phenoxy) is 1. The zero-order valence-corrected chi connectivity index (χ0v) is 9.54. The molecule has 1 nitrogen and oxygen atoms in total. The first-order valence-corrected chi connectivity index (χ1v) is 5.50. The Morgan fingerprint density at radius 1 is 1.20 bits per heavy atom. The molecule has 1 heteroatoms. The monoisotopic (exact) mass is 204 g/mol. The summed E-state index contributed by atoms with van der Waals surface area (Å²) in [7, 11) is 0. The minimum Gasteiger partial charge on any atom is -0.381 e. The molecule has 0 unspecified atom stereocenters. The second kappa shape index (κ2) is 6.41. The molecule has 0 spiro atoms. The molecule has 0 amide bonds. The quantitative estimate of drug-likeness (QED) is 0.634. The molecule has 1 aliphatic rings. The summed E-state index contributed by atoms with van der Waals surface area (Å²) in [5, 5.41) is 0. The molecule has 0 aliphatic carbocycles. The van der Waals surface area contributed by atoms with Gasteiger partial charge in [0.25, 0.3) is 0 Å². The highest BCUT2D eigenvalue weighted by molar-refractivity contribution is 5.25. The van der Waals surface area contributed by atoms with Gasteiger partial charge in [-0.25, -0.2) is 0 Å². The van der Waals surface area contributed by atoms with Crippen LogP contribution in [-0.2, 0) is 4.74 Å². The van der Waals surface area contributed by atoms with E-state index in [0.29, 0.717) is 0 Å². The van der Waals surface area contributed by atoms with Crippen LogP contribution in [0.3, 0.4) is 0 Å². The van der Waals surface area contributed by atoms with E-state index in [9.17, 15) is 0 Å². The van der Waals surface area contributed by atoms with Crippen LogP contribution in [0.1, 0.15) is 29.9 Å². The van der Waals surface area contributed by atoms with E-state index < -0.39 is 0 Å². The van der Waals surface area contributed by atoms with Gasteiger partial charge in [0, 0.05) is 13.2 Å². The summed E-state index contributed by atoms with van der Waals surface area (Å²) in [5.41, 5.74) is 2.85. The fourth-order valence-electron chi connectivity index (χ4n) is 1.95. The van der Waals surface area contributed by atoms with Crippen molar-refractivity contribution >= 4 is 0 Å². The lowest BCUT2D eigenvalue weighted by atomic mass is 9.91. The Kier molecular flexibility index (Phi) is 5.13. The second-order valence-corrected chi connectivity index (χ2v) is 3.80. The smallest absolute Gasteiger partial charge is 0.0471 e. The number of benzene rings is 1. The van der Waals surface area contributed by atoms with E-state index in [1.54, 1.807) is 0 Å². The van der Waals surface area contributed by atoms with Crippen LogP contribution < -0.4 is 0 Å². The van der Waals surface area contributed by atoms with Crippen LogP contribution in [0.2, 0.25) is 0 Å². The van der Waals surface area contributed by atoms with Crippen molar-refractivity contribution in [2.45, 2.75) is 25.7 Å². The standard InChI is InChI=1S/C12H16O.C2H4/c1-10-3-2-4-12(9-10)11-5-7-13-8-6-11;1-2/h2-4,9,11H,5-8H2,1H3;1-2H2. The number of hydrogen-bond acceptors (Lipinski definition) is 1. The van der Waals surface area contributed by atoms with Gasteiger partial charge in [0.2, 0.25) is 0 Å². The van der Waals surface area contributed by atoms with E-state index >= 15 is 0 Å². The van der Waals surface area contributed by atoms with E-state index in [4.69, 9.17) is 4.74 Å². The highest BCUT2D eigenvalue weighted by atomic mass is 16.5. The Morgan fingerprint density at radius 2 is 1.87 bits per heavy atom. The fraction of sp³-hybridized carbons (Fsp3) is 0.429. The predicted molar refractivity (Wildman–Crippen MR) is 65.2 cm³/mol. The zero-order chi connectivity index (χ0) is 11.1. The largest absolute Gasteiger partial charge is 0.381 e. The SMILES string of the molecule is C=C.Cc1cccc(C2CCOCC2)c1. The molecule has 0 atom stereocenters. The van der Waals surface area contributed by atoms with Crippen molar-refractivity contribution in [2.24, 2.45) is 0 Å². The van der Waals surface area contributed by atoms with Gasteiger partial charge in [0.05, 0.1) is 0 Å². The van der Waals surface area contributed by atoms with Crippen LogP contribution in [0.4, 0.5) is 0 Å². The maximum atomic E-state index is 5.35. The molecule has 15 heavy (non-hydrogen) atoms. The van der Waals surface area contributed by atoms with Crippen molar-refractivity contribution in [3.05, 3.63) is 48.6 Å². The van der Waals surface area contributed by atoms with Gasteiger partial charge < -0.3 is 4.74 Å². The normalized spacial score (nSPS) is 16.6. The van der Waals surface area contributed by atoms with Crippen LogP contribution in [0, 0.1) is 6.92 Å². The van der Waals surface area contributed by atoms with E-state index in [1.807, 2.05) is 0 Å². The minimum atomic E-state index is 0.730. The Morgan fingerprint density at radius 3 is 2.47 bits per heavy atom. The maximum Gasteiger partial charge on any atom is 0.0471 e. The van der Waals surface area contributed by atoms with Gasteiger partial charge in [-0.05, 0) is 31.2 Å². The third-order valence-electron chi connectivity index (χ3n) is 2.73. The summed E-state index contributed by atoms with van der Waals surface area (Å²) in [5.74, 6) is 0.730. The van der Waals surface area contributed by atoms with Crippen molar-refractivity contribution in [1.82, 2.24) is 0 Å². The molecule has 0 bridgehead atoms. The summed E-state index contributed by atoms with van der Waals surface area (Å²) in [4.78, 5) is 0. The summed E-state index contributed by atoms with van der Waals surface area (Å²) in [6.07, 6.45) is 2.37. The number of aryl methyl sites for hydroxylation is 1. The summed E-state index contributed by atoms with van der Waals surface area (Å²) in [6.45, 7) is 10.0. The lowest BCUT2D eigenvalue weighted by Crippen LogP contribution is -2.13. The predicted octanol–water partition coefficient (Wildman–Crippen LogP) is 3.69. The molecular formula is C14H20O. The summed E-state index contributed by atoms with van der Waals surface area (Å²) >= 11 is 0. The number of hydrogen-bond donors (Lipinski definition) is 0. The molecule has 0 aromatic heterocycles. The van der Waals surface area contributed by atoms with E-state index in [2.05, 4.69) is 44.3 Å². The van der Waals surface area contributed by atoms with Crippen LogP contribution in [0.15, 0.2) is 37.4 Å². The van der Waals surface area contributed by atoms with E-state index in [1.165, 1.54) is 24.0 Å². The maximum absolute atomic E-state index is 5.35. The summed E-state index contributed by atoms with van der Waals surface area (Å²) < 4.78 is 5.35. The third-order valence-corrected chi connectivity index (χ3v) is 2.73. The van der Waals surface area contributed by atoms with Gasteiger partial charge in [-0.2, -0.15) is 0 Å². The third kappa shape index (κ3) is 3.52. The average molecular weight is 204 g/mol. The topological polar surface area (TPSA) is 9.23 Å². The minimum absolute atomic E-state index is 0.730. The number of rotatable bonds is 1. The van der Waals surface area contributed by atoms with Gasteiger partial charge in [0.1, 0.15) is 0 Å². The van der Waals surface area contributed by atoms with Gasteiger partial charge in [0.15, 0.2) is 0 Å². The van der Waals surface area contributed by atoms with Crippen molar-refractivity contribution < 1.29 is 4.74 Å². The van der Waals surface area contributed by atoms with E-state index in [-0.39, 0.29) is 0 Å². The zero-order valence-electron chi connectivity index (χ0n) is 9.54. The van der Waals surface area contributed by atoms with Crippen LogP contribution in [0.5, 0.6) is 0 Å². The summed E-state index contributed by atoms with van der Waals surface area (Å²) in [6, 6.07) is 8.85. The first-order chi connectivity index (χ1) is 7.36. The molecule has 1 aromatic rings. The lowest BCUT2D eigenvalue weighted by molar-refractivity contribution is 0.0853. The molecular weight excluding hydrogens is 184 g/mol. The Labute approximate surface area is 92.8 Å². The first-order valence-electron chi connectivity index (χ1n) is 5.50. The van der Waals surface area contributed by atoms with Gasteiger partial charge in [-0.3, -0.25) is 0 Å². The second-order valence-electron chi connectivity index (χ2n) is 3.80. The van der Waals surface area contributed by atoms with Crippen molar-refractivity contribution in [3.8, 4) is 0 Å². The molecule has 82 valence electrons. The van der Waals surface area contributed by atoms with Crippen molar-refractivity contribution in [1.29, 1.82) is 0 Å². The van der Waals surface area contributed by atoms with Crippen molar-refractivity contribution in [3.63, 3.8) is 0 Å². The Balaban J connectivity index is 0.000000531. The molecule has 1 heterocycles. The van der Waals surface area contributed by atoms with Gasteiger partial charge >= 0.3 is 0 Å². The van der Waals surface area contributed by atoms with Crippen LogP contribution >= 0.6 is 0 Å². The lowest BCUT2D eigenvalue weighted by Gasteiger charge is -2.22. The highest BCUT2D eigenvalue weighted by Crippen LogP contribution is 2.26. The molecule has 1 aliphatic heterocycles. The molecule has 1 aromatic carbocycles. The highest BCUT2D eigenvalue weighted by Gasteiger charge is 2.15. The van der Waals surface area contributed by atoms with Gasteiger partial charge in [-0.1, -0.05) is 29.8 Å². The van der Waals surface area contributed by atoms with Gasteiger partial charge in [-0.15, -0.1) is 13.2 Å². The molecule has 2 rings (SSSR count). The first kappa shape index (κ1) is 12.0. The fourth-order valence-corrected chi connectivity index (χ4v) is 1.95. The molecule has 1 saturated heterocycles. The van der Waals surface area contributed by atoms with Crippen LogP contribution in [-0.4, -0.2) is 13.2 Å². The molecule has 1 fully saturated rings. The average Bonchev–Trinajstić information content (AvgIpc) is 2.33. The van der Waals surface area contributed by atoms with Crippen LogP contribution in [0.25, 0.3) is 0 Å². The molecule has 0 saturated carbocycles. The Hall–Kier alpha value is -1.08. The van der Waals surface area contributed by atoms with E-state index in [0.717, 1.165) is 19.1 Å². The molecule has 0 radical (unpaired) electrons.